The van der Waals surface area contributed by atoms with Crippen molar-refractivity contribution in [1.29, 1.82) is 0 Å². The van der Waals surface area contributed by atoms with Crippen LogP contribution in [0.15, 0.2) is 47.0 Å². The zero-order chi connectivity index (χ0) is 15.5. The van der Waals surface area contributed by atoms with Crippen molar-refractivity contribution in [3.63, 3.8) is 0 Å². The van der Waals surface area contributed by atoms with E-state index in [4.69, 9.17) is 14.0 Å². The normalized spacial score (nSPS) is 10.5. The molecule has 1 heterocycles. The Labute approximate surface area is 128 Å². The van der Waals surface area contributed by atoms with Crippen molar-refractivity contribution in [2.24, 2.45) is 0 Å². The number of hydrogen-bond donors (Lipinski definition) is 0. The quantitative estimate of drug-likeness (QED) is 0.734. The Kier molecular flexibility index (Phi) is 3.78. The zero-order valence-electron chi connectivity index (χ0n) is 12.7. The van der Waals surface area contributed by atoms with Crippen LogP contribution >= 0.6 is 0 Å². The van der Waals surface area contributed by atoms with Gasteiger partial charge in [-0.2, -0.15) is 4.98 Å². The maximum atomic E-state index is 5.41. The fraction of sp³-hybridized carbons (Fsp3) is 0.176. The maximum Gasteiger partial charge on any atom is 0.265 e. The lowest BCUT2D eigenvalue weighted by atomic mass is 10.1. The number of aromatic nitrogens is 2. The second-order valence-corrected chi connectivity index (χ2v) is 4.83. The van der Waals surface area contributed by atoms with Crippen molar-refractivity contribution in [1.82, 2.24) is 10.1 Å². The van der Waals surface area contributed by atoms with Crippen molar-refractivity contribution in [2.75, 3.05) is 14.2 Å². The Morgan fingerprint density at radius 3 is 2.27 bits per heavy atom. The molecule has 0 fully saturated rings. The van der Waals surface area contributed by atoms with E-state index in [9.17, 15) is 0 Å². The van der Waals surface area contributed by atoms with E-state index in [2.05, 4.69) is 10.1 Å². The number of nitrogens with zero attached hydrogens (tertiary/aromatic N) is 2. The van der Waals surface area contributed by atoms with Crippen LogP contribution in [0.4, 0.5) is 0 Å². The highest BCUT2D eigenvalue weighted by molar-refractivity contribution is 5.72. The highest BCUT2D eigenvalue weighted by Crippen LogP contribution is 2.37. The first-order chi connectivity index (χ1) is 10.7. The molecule has 0 bridgehead atoms. The molecule has 0 spiro atoms. The van der Waals surface area contributed by atoms with E-state index in [1.54, 1.807) is 14.2 Å². The van der Waals surface area contributed by atoms with Gasteiger partial charge in [-0.05, 0) is 25.1 Å². The number of benzene rings is 2. The van der Waals surface area contributed by atoms with E-state index in [0.717, 1.165) is 11.1 Å². The molecule has 0 aliphatic heterocycles. The van der Waals surface area contributed by atoms with E-state index in [1.165, 1.54) is 0 Å². The number of rotatable bonds is 4. The van der Waals surface area contributed by atoms with Crippen LogP contribution < -0.4 is 9.47 Å². The highest BCUT2D eigenvalue weighted by atomic mass is 16.5. The summed E-state index contributed by atoms with van der Waals surface area (Å²) in [5.74, 6) is 2.15. The molecule has 0 amide bonds. The van der Waals surface area contributed by atoms with Crippen molar-refractivity contribution in [2.45, 2.75) is 6.92 Å². The van der Waals surface area contributed by atoms with Crippen molar-refractivity contribution < 1.29 is 14.0 Å². The van der Waals surface area contributed by atoms with Crippen molar-refractivity contribution in [3.8, 4) is 34.3 Å². The first kappa shape index (κ1) is 14.1. The summed E-state index contributed by atoms with van der Waals surface area (Å²) < 4.78 is 16.1. The molecule has 112 valence electrons. The summed E-state index contributed by atoms with van der Waals surface area (Å²) in [6, 6.07) is 13.4. The van der Waals surface area contributed by atoms with Gasteiger partial charge >= 0.3 is 0 Å². The molecule has 0 radical (unpaired) electrons. The molecule has 2 aromatic carbocycles. The molecule has 3 rings (SSSR count). The number of ether oxygens (including phenoxy) is 2. The molecule has 0 aliphatic carbocycles. The van der Waals surface area contributed by atoms with E-state index < -0.39 is 0 Å². The van der Waals surface area contributed by atoms with Gasteiger partial charge in [0.25, 0.3) is 5.89 Å². The maximum absolute atomic E-state index is 5.41. The van der Waals surface area contributed by atoms with Crippen molar-refractivity contribution >= 4 is 0 Å². The van der Waals surface area contributed by atoms with Gasteiger partial charge in [-0.25, -0.2) is 0 Å². The van der Waals surface area contributed by atoms with Gasteiger partial charge < -0.3 is 14.0 Å². The van der Waals surface area contributed by atoms with Gasteiger partial charge in [0.05, 0.1) is 14.2 Å². The summed E-state index contributed by atoms with van der Waals surface area (Å²) in [4.78, 5) is 4.47. The molecule has 0 atom stereocenters. The van der Waals surface area contributed by atoms with Crippen LogP contribution in [-0.4, -0.2) is 24.4 Å². The van der Waals surface area contributed by atoms with Gasteiger partial charge in [-0.1, -0.05) is 35.0 Å². The highest BCUT2D eigenvalue weighted by Gasteiger charge is 2.19. The Morgan fingerprint density at radius 2 is 1.64 bits per heavy atom. The van der Waals surface area contributed by atoms with Crippen molar-refractivity contribution in [3.05, 3.63) is 48.0 Å². The molecule has 5 heteroatoms. The molecule has 0 N–H and O–H groups in total. The van der Waals surface area contributed by atoms with E-state index >= 15 is 0 Å². The van der Waals surface area contributed by atoms with Gasteiger partial charge in [0.15, 0.2) is 0 Å². The van der Waals surface area contributed by atoms with Crippen LogP contribution in [0.1, 0.15) is 5.56 Å². The van der Waals surface area contributed by atoms with Crippen LogP contribution in [0.2, 0.25) is 0 Å². The lowest BCUT2D eigenvalue weighted by Crippen LogP contribution is -1.93. The average Bonchev–Trinajstić information content (AvgIpc) is 3.03. The molecule has 5 nitrogen and oxygen atoms in total. The second kappa shape index (κ2) is 5.89. The summed E-state index contributed by atoms with van der Waals surface area (Å²) in [5, 5.41) is 4.06. The summed E-state index contributed by atoms with van der Waals surface area (Å²) in [7, 11) is 3.19. The lowest BCUT2D eigenvalue weighted by molar-refractivity contribution is 0.386. The predicted molar refractivity (Wildman–Crippen MR) is 83.0 cm³/mol. The summed E-state index contributed by atoms with van der Waals surface area (Å²) in [6.07, 6.45) is 0. The number of hydrogen-bond acceptors (Lipinski definition) is 5. The van der Waals surface area contributed by atoms with Gasteiger partial charge in [-0.15, -0.1) is 0 Å². The summed E-state index contributed by atoms with van der Waals surface area (Å²) >= 11 is 0. The fourth-order valence-electron chi connectivity index (χ4n) is 2.29. The molecule has 0 aliphatic rings. The number of aryl methyl sites for hydroxylation is 1. The van der Waals surface area contributed by atoms with Crippen LogP contribution in [0.25, 0.3) is 22.8 Å². The Bertz CT molecular complexity index is 774. The minimum atomic E-state index is 0.366. The molecule has 3 aromatic rings. The van der Waals surface area contributed by atoms with Gasteiger partial charge in [0.1, 0.15) is 17.1 Å². The van der Waals surface area contributed by atoms with Crippen LogP contribution in [0.3, 0.4) is 0 Å². The summed E-state index contributed by atoms with van der Waals surface area (Å²) in [5.41, 5.74) is 2.70. The SMILES string of the molecule is COc1cccc(OC)c1-c1nc(-c2cccc(C)c2)no1. The first-order valence-electron chi connectivity index (χ1n) is 6.85. The third-order valence-electron chi connectivity index (χ3n) is 3.34. The largest absolute Gasteiger partial charge is 0.496 e. The first-order valence-corrected chi connectivity index (χ1v) is 6.85. The molecule has 0 saturated carbocycles. The molecule has 0 saturated heterocycles. The van der Waals surface area contributed by atoms with Crippen LogP contribution in [0, 0.1) is 6.92 Å². The van der Waals surface area contributed by atoms with Crippen LogP contribution in [-0.2, 0) is 0 Å². The zero-order valence-corrected chi connectivity index (χ0v) is 12.7. The van der Waals surface area contributed by atoms with E-state index in [1.807, 2.05) is 49.4 Å². The standard InChI is InChI=1S/C17H16N2O3/c1-11-6-4-7-12(10-11)16-18-17(22-19-16)15-13(20-2)8-5-9-14(15)21-3/h4-10H,1-3H3. The minimum Gasteiger partial charge on any atom is -0.496 e. The molecule has 1 aromatic heterocycles. The monoisotopic (exact) mass is 296 g/mol. The summed E-state index contributed by atoms with van der Waals surface area (Å²) in [6.45, 7) is 2.02. The fourth-order valence-corrected chi connectivity index (χ4v) is 2.29. The molecular formula is C17H16N2O3. The Morgan fingerprint density at radius 1 is 0.955 bits per heavy atom. The van der Waals surface area contributed by atoms with Crippen LogP contribution in [0.5, 0.6) is 11.5 Å². The van der Waals surface area contributed by atoms with Gasteiger partial charge in [0.2, 0.25) is 5.82 Å². The second-order valence-electron chi connectivity index (χ2n) is 4.83. The van der Waals surface area contributed by atoms with Gasteiger partial charge in [-0.3, -0.25) is 0 Å². The Balaban J connectivity index is 2.08. The van der Waals surface area contributed by atoms with E-state index in [-0.39, 0.29) is 0 Å². The smallest absolute Gasteiger partial charge is 0.265 e. The molecule has 0 unspecified atom stereocenters. The third-order valence-corrected chi connectivity index (χ3v) is 3.34. The predicted octanol–water partition coefficient (Wildman–Crippen LogP) is 3.73. The van der Waals surface area contributed by atoms with E-state index in [0.29, 0.717) is 28.8 Å². The topological polar surface area (TPSA) is 57.4 Å². The minimum absolute atomic E-state index is 0.366. The molecular weight excluding hydrogens is 280 g/mol. The number of methoxy groups -OCH3 is 2. The third kappa shape index (κ3) is 2.53. The van der Waals surface area contributed by atoms with Gasteiger partial charge in [0, 0.05) is 5.56 Å². The average molecular weight is 296 g/mol. The Hall–Kier alpha value is -2.82. The lowest BCUT2D eigenvalue weighted by Gasteiger charge is -2.09. The molecule has 22 heavy (non-hydrogen) atoms.